The van der Waals surface area contributed by atoms with Crippen molar-refractivity contribution >= 4 is 0 Å². The highest BCUT2D eigenvalue weighted by Crippen LogP contribution is 2.60. The number of piperidine rings is 1. The summed E-state index contributed by atoms with van der Waals surface area (Å²) in [7, 11) is 0. The Morgan fingerprint density at radius 1 is 1.03 bits per heavy atom. The van der Waals surface area contributed by atoms with Crippen molar-refractivity contribution in [2.24, 2.45) is 23.2 Å². The zero-order valence-electron chi connectivity index (χ0n) is 18.5. The molecule has 2 bridgehead atoms. The third kappa shape index (κ3) is 4.03. The van der Waals surface area contributed by atoms with Crippen LogP contribution in [0.15, 0.2) is 30.3 Å². The molecule has 0 N–H and O–H groups in total. The van der Waals surface area contributed by atoms with E-state index in [1.807, 2.05) is 0 Å². The molecule has 0 spiro atoms. The monoisotopic (exact) mass is 398 g/mol. The summed E-state index contributed by atoms with van der Waals surface area (Å²) < 4.78 is 14.0. The second kappa shape index (κ2) is 7.98. The first-order chi connectivity index (χ1) is 14.0. The molecule has 2 aliphatic heterocycles. The molecule has 2 saturated heterocycles. The minimum atomic E-state index is 0.0326. The summed E-state index contributed by atoms with van der Waals surface area (Å²) in [6.45, 7) is 10.6. The highest BCUT2D eigenvalue weighted by Gasteiger charge is 2.53. The Morgan fingerprint density at radius 2 is 1.83 bits per heavy atom. The molecule has 5 atom stereocenters. The molecule has 5 rings (SSSR count). The lowest BCUT2D eigenvalue weighted by Gasteiger charge is -2.43. The van der Waals surface area contributed by atoms with Crippen molar-refractivity contribution in [3.05, 3.63) is 35.9 Å². The van der Waals surface area contributed by atoms with Crippen LogP contribution >= 0.6 is 0 Å². The fourth-order valence-corrected chi connectivity index (χ4v) is 7.39. The lowest BCUT2D eigenvalue weighted by molar-refractivity contribution is -0.947. The van der Waals surface area contributed by atoms with Gasteiger partial charge in [-0.3, -0.25) is 0 Å². The van der Waals surface area contributed by atoms with E-state index in [1.165, 1.54) is 61.7 Å². The lowest BCUT2D eigenvalue weighted by Crippen LogP contribution is -2.54. The zero-order chi connectivity index (χ0) is 19.9. The molecule has 2 heterocycles. The minimum absolute atomic E-state index is 0.0326. The number of hydrogen-bond donors (Lipinski definition) is 0. The molecule has 1 aromatic rings. The predicted octanol–water partition coefficient (Wildman–Crippen LogP) is 5.39. The highest BCUT2D eigenvalue weighted by atomic mass is 16.7. The second-order valence-corrected chi connectivity index (χ2v) is 11.1. The summed E-state index contributed by atoms with van der Waals surface area (Å²) in [5.74, 6) is 2.63. The van der Waals surface area contributed by atoms with E-state index in [0.29, 0.717) is 5.41 Å². The smallest absolute Gasteiger partial charge is 0.158 e. The fraction of sp³-hybridized carbons (Fsp3) is 0.769. The minimum Gasteiger partial charge on any atom is -0.350 e. The third-order valence-corrected chi connectivity index (χ3v) is 9.03. The van der Waals surface area contributed by atoms with Gasteiger partial charge in [-0.1, -0.05) is 44.2 Å². The second-order valence-electron chi connectivity index (χ2n) is 11.1. The van der Waals surface area contributed by atoms with Crippen molar-refractivity contribution in [3.63, 3.8) is 0 Å². The molecule has 1 aromatic carbocycles. The highest BCUT2D eigenvalue weighted by molar-refractivity contribution is 5.13. The number of rotatable bonds is 6. The molecule has 0 radical (unpaired) electrons. The van der Waals surface area contributed by atoms with Gasteiger partial charge in [0.05, 0.1) is 19.7 Å². The molecule has 2 saturated carbocycles. The molecule has 3 nitrogen and oxygen atoms in total. The Labute approximate surface area is 177 Å². The van der Waals surface area contributed by atoms with Crippen molar-refractivity contribution in [1.29, 1.82) is 0 Å². The quantitative estimate of drug-likeness (QED) is 0.598. The van der Waals surface area contributed by atoms with E-state index in [0.717, 1.165) is 43.9 Å². The largest absolute Gasteiger partial charge is 0.350 e. The Balaban J connectivity index is 1.21. The molecule has 3 heteroatoms. The van der Waals surface area contributed by atoms with Crippen LogP contribution in [-0.4, -0.2) is 43.1 Å². The van der Waals surface area contributed by atoms with Crippen LogP contribution in [0.2, 0.25) is 0 Å². The molecule has 160 valence electrons. The number of nitrogens with zero attached hydrogens (tertiary/aromatic N) is 1. The number of quaternary nitrogens is 1. The Hall–Kier alpha value is -0.900. The van der Waals surface area contributed by atoms with Crippen molar-refractivity contribution < 1.29 is 14.0 Å². The number of fused-ring (bicyclic) bond motifs is 2. The van der Waals surface area contributed by atoms with Gasteiger partial charge >= 0.3 is 0 Å². The first-order valence-corrected chi connectivity index (χ1v) is 12.2. The van der Waals surface area contributed by atoms with Gasteiger partial charge in [0.1, 0.15) is 19.2 Å². The van der Waals surface area contributed by atoms with E-state index in [1.54, 1.807) is 0 Å². The zero-order valence-corrected chi connectivity index (χ0v) is 18.5. The first kappa shape index (κ1) is 20.0. The predicted molar refractivity (Wildman–Crippen MR) is 116 cm³/mol. The topological polar surface area (TPSA) is 18.5 Å². The maximum Gasteiger partial charge on any atom is 0.158 e. The van der Waals surface area contributed by atoms with E-state index < -0.39 is 0 Å². The Kier molecular flexibility index (Phi) is 5.51. The molecule has 0 amide bonds. The van der Waals surface area contributed by atoms with Gasteiger partial charge in [-0.05, 0) is 61.7 Å². The molecule has 2 aliphatic carbocycles. The molecular formula is C26H40NO2+. The van der Waals surface area contributed by atoms with Gasteiger partial charge in [-0.25, -0.2) is 0 Å². The maximum absolute atomic E-state index is 6.55. The number of likely N-dealkylation sites (tertiary alicyclic amines) is 1. The molecule has 0 unspecified atom stereocenters. The number of ether oxygens (including phenoxy) is 2. The van der Waals surface area contributed by atoms with Crippen LogP contribution in [0.4, 0.5) is 0 Å². The van der Waals surface area contributed by atoms with E-state index in [2.05, 4.69) is 44.2 Å². The summed E-state index contributed by atoms with van der Waals surface area (Å²) in [5, 5.41) is 0. The third-order valence-electron chi connectivity index (χ3n) is 9.03. The van der Waals surface area contributed by atoms with E-state index in [-0.39, 0.29) is 12.4 Å². The average Bonchev–Trinajstić information content (AvgIpc) is 3.41. The summed E-state index contributed by atoms with van der Waals surface area (Å²) in [5.41, 5.74) is 1.94. The first-order valence-electron chi connectivity index (χ1n) is 12.2. The van der Waals surface area contributed by atoms with Crippen LogP contribution in [0.5, 0.6) is 0 Å². The van der Waals surface area contributed by atoms with Crippen molar-refractivity contribution in [1.82, 2.24) is 0 Å². The number of benzene rings is 1. The van der Waals surface area contributed by atoms with E-state index in [9.17, 15) is 0 Å². The fourth-order valence-electron chi connectivity index (χ4n) is 7.39. The van der Waals surface area contributed by atoms with Gasteiger partial charge in [0, 0.05) is 12.0 Å². The van der Waals surface area contributed by atoms with E-state index >= 15 is 0 Å². The SMILES string of the molecule is CC1(C)[C@H]2CC[C@H](C2)[C@H]1C[C@H]1OC[C@@H](C[N+]2(Cc3ccccc3)CCCCC2)O1. The molecule has 4 aliphatic rings. The normalized spacial score (nSPS) is 37.8. The molecular weight excluding hydrogens is 358 g/mol. The van der Waals surface area contributed by atoms with Crippen LogP contribution in [0.25, 0.3) is 0 Å². The molecule has 4 fully saturated rings. The van der Waals surface area contributed by atoms with Gasteiger partial charge in [-0.15, -0.1) is 0 Å². The van der Waals surface area contributed by atoms with E-state index in [4.69, 9.17) is 9.47 Å². The Bertz CT molecular complexity index is 681. The van der Waals surface area contributed by atoms with Gasteiger partial charge in [-0.2, -0.15) is 0 Å². The average molecular weight is 399 g/mol. The van der Waals surface area contributed by atoms with Crippen molar-refractivity contribution in [2.45, 2.75) is 77.7 Å². The van der Waals surface area contributed by atoms with Gasteiger partial charge < -0.3 is 14.0 Å². The lowest BCUT2D eigenvalue weighted by atomic mass is 9.67. The van der Waals surface area contributed by atoms with Gasteiger partial charge in [0.25, 0.3) is 0 Å². The summed E-state index contributed by atoms with van der Waals surface area (Å²) in [6, 6.07) is 11.1. The maximum atomic E-state index is 6.55. The van der Waals surface area contributed by atoms with Crippen LogP contribution in [0, 0.1) is 23.2 Å². The standard InChI is InChI=1S/C26H40NO2/c1-26(2)22-12-11-21(15-22)24(26)16-25-28-19-23(29-25)18-27(13-7-4-8-14-27)17-20-9-5-3-6-10-20/h3,5-6,9-10,21-25H,4,7-8,11-19H2,1-2H3/q+1/t21-,22+,23-,24-,25+/m1/s1. The van der Waals surface area contributed by atoms with Crippen molar-refractivity contribution in [3.8, 4) is 0 Å². The Morgan fingerprint density at radius 3 is 2.55 bits per heavy atom. The van der Waals surface area contributed by atoms with Gasteiger partial charge in [0.15, 0.2) is 6.29 Å². The van der Waals surface area contributed by atoms with Crippen LogP contribution in [0.1, 0.15) is 64.4 Å². The summed E-state index contributed by atoms with van der Waals surface area (Å²) in [4.78, 5) is 0. The van der Waals surface area contributed by atoms with Crippen molar-refractivity contribution in [2.75, 3.05) is 26.2 Å². The van der Waals surface area contributed by atoms with Crippen LogP contribution in [-0.2, 0) is 16.0 Å². The molecule has 0 aromatic heterocycles. The van der Waals surface area contributed by atoms with Gasteiger partial charge in [0.2, 0.25) is 0 Å². The van der Waals surface area contributed by atoms with Crippen LogP contribution < -0.4 is 0 Å². The molecule has 29 heavy (non-hydrogen) atoms. The summed E-state index contributed by atoms with van der Waals surface area (Å²) >= 11 is 0. The summed E-state index contributed by atoms with van der Waals surface area (Å²) in [6.07, 6.45) is 9.84. The number of hydrogen-bond acceptors (Lipinski definition) is 2. The van der Waals surface area contributed by atoms with Crippen LogP contribution in [0.3, 0.4) is 0 Å².